The molecule has 0 radical (unpaired) electrons. The van der Waals surface area contributed by atoms with Crippen LogP contribution in [0.5, 0.6) is 11.5 Å². The van der Waals surface area contributed by atoms with E-state index in [1.54, 1.807) is 25.1 Å². The van der Waals surface area contributed by atoms with Crippen molar-refractivity contribution in [2.45, 2.75) is 6.92 Å². The fraction of sp³-hybridized carbons (Fsp3) is 0.0882. The number of aromatic nitrogens is 2. The standard InChI is InChI=1S/C34H26N4O4/c1-22-9-18-30(41-22)32-25(21-38(37-32)26-7-5-4-6-8-26)20-36-34-29(19-35)31(23-10-14-27(39-2)15-11-23)33(42-34)24-12-16-28(40-3)17-13-24/h4-18,20-21H,1-3H3. The fourth-order valence-corrected chi connectivity index (χ4v) is 4.67. The number of benzene rings is 3. The highest BCUT2D eigenvalue weighted by atomic mass is 16.5. The van der Waals surface area contributed by atoms with E-state index in [-0.39, 0.29) is 5.88 Å². The zero-order chi connectivity index (χ0) is 29.1. The van der Waals surface area contributed by atoms with Gasteiger partial charge < -0.3 is 18.3 Å². The molecule has 0 atom stereocenters. The second kappa shape index (κ2) is 11.4. The van der Waals surface area contributed by atoms with Gasteiger partial charge in [-0.15, -0.1) is 0 Å². The molecule has 0 amide bonds. The van der Waals surface area contributed by atoms with E-state index in [1.807, 2.05) is 104 Å². The van der Waals surface area contributed by atoms with E-state index in [2.05, 4.69) is 11.1 Å². The van der Waals surface area contributed by atoms with E-state index in [0.717, 1.165) is 22.6 Å². The van der Waals surface area contributed by atoms with Crippen LogP contribution in [0.1, 0.15) is 16.9 Å². The molecule has 3 aromatic heterocycles. The van der Waals surface area contributed by atoms with Crippen LogP contribution in [0.2, 0.25) is 0 Å². The van der Waals surface area contributed by atoms with Gasteiger partial charge in [-0.25, -0.2) is 9.67 Å². The van der Waals surface area contributed by atoms with E-state index in [4.69, 9.17) is 23.4 Å². The molecule has 0 aliphatic rings. The van der Waals surface area contributed by atoms with Crippen molar-refractivity contribution < 1.29 is 18.3 Å². The van der Waals surface area contributed by atoms with Gasteiger partial charge in [0.25, 0.3) is 0 Å². The van der Waals surface area contributed by atoms with Crippen molar-refractivity contribution in [3.8, 4) is 57.2 Å². The smallest absolute Gasteiger partial charge is 0.238 e. The summed E-state index contributed by atoms with van der Waals surface area (Å²) in [6.45, 7) is 1.88. The topological polar surface area (TPSA) is 98.7 Å². The highest BCUT2D eigenvalue weighted by Crippen LogP contribution is 2.43. The number of furan rings is 2. The lowest BCUT2D eigenvalue weighted by Crippen LogP contribution is -1.93. The molecule has 3 aromatic carbocycles. The summed E-state index contributed by atoms with van der Waals surface area (Å²) in [6, 6.07) is 30.8. The Morgan fingerprint density at radius 3 is 2.10 bits per heavy atom. The number of hydrogen-bond donors (Lipinski definition) is 0. The summed E-state index contributed by atoms with van der Waals surface area (Å²) in [6.07, 6.45) is 3.52. The minimum absolute atomic E-state index is 0.183. The average molecular weight is 555 g/mol. The molecule has 0 unspecified atom stereocenters. The van der Waals surface area contributed by atoms with E-state index in [1.165, 1.54) is 0 Å². The van der Waals surface area contributed by atoms with Gasteiger partial charge in [-0.05, 0) is 73.2 Å². The molecule has 6 rings (SSSR count). The van der Waals surface area contributed by atoms with Gasteiger partial charge in [0.05, 0.1) is 19.9 Å². The number of rotatable bonds is 8. The second-order valence-corrected chi connectivity index (χ2v) is 9.44. The average Bonchev–Trinajstić information content (AvgIpc) is 3.77. The van der Waals surface area contributed by atoms with Crippen molar-refractivity contribution in [3.63, 3.8) is 0 Å². The third-order valence-corrected chi connectivity index (χ3v) is 6.79. The van der Waals surface area contributed by atoms with Gasteiger partial charge >= 0.3 is 0 Å². The van der Waals surface area contributed by atoms with E-state index in [9.17, 15) is 5.26 Å². The quantitative estimate of drug-likeness (QED) is 0.177. The first kappa shape index (κ1) is 26.4. The van der Waals surface area contributed by atoms with Gasteiger partial charge in [-0.1, -0.05) is 30.3 Å². The van der Waals surface area contributed by atoms with Crippen LogP contribution < -0.4 is 9.47 Å². The number of aryl methyl sites for hydroxylation is 1. The van der Waals surface area contributed by atoms with Crippen LogP contribution in [0.25, 0.3) is 39.6 Å². The molecule has 0 aliphatic carbocycles. The maximum atomic E-state index is 10.3. The van der Waals surface area contributed by atoms with E-state index < -0.39 is 0 Å². The molecule has 0 bridgehead atoms. The van der Waals surface area contributed by atoms with Crippen molar-refractivity contribution in [2.75, 3.05) is 14.2 Å². The Kier molecular flexibility index (Phi) is 7.14. The van der Waals surface area contributed by atoms with Gasteiger partial charge in [-0.2, -0.15) is 10.4 Å². The van der Waals surface area contributed by atoms with Gasteiger partial charge in [0, 0.05) is 29.1 Å². The number of hydrogen-bond acceptors (Lipinski definition) is 7. The minimum atomic E-state index is 0.183. The summed E-state index contributed by atoms with van der Waals surface area (Å²) in [4.78, 5) is 4.69. The molecule has 6 aromatic rings. The summed E-state index contributed by atoms with van der Waals surface area (Å²) in [7, 11) is 3.23. The Balaban J connectivity index is 1.49. The molecule has 0 fully saturated rings. The summed E-state index contributed by atoms with van der Waals surface area (Å²) in [5.41, 5.74) is 4.74. The van der Waals surface area contributed by atoms with Crippen molar-refractivity contribution in [3.05, 3.63) is 114 Å². The van der Waals surface area contributed by atoms with Crippen molar-refractivity contribution in [1.82, 2.24) is 9.78 Å². The fourth-order valence-electron chi connectivity index (χ4n) is 4.67. The van der Waals surface area contributed by atoms with Crippen molar-refractivity contribution in [2.24, 2.45) is 4.99 Å². The second-order valence-electron chi connectivity index (χ2n) is 9.44. The summed E-state index contributed by atoms with van der Waals surface area (Å²) in [5.74, 6) is 3.51. The molecule has 0 N–H and O–H groups in total. The van der Waals surface area contributed by atoms with Crippen LogP contribution in [0.3, 0.4) is 0 Å². The monoisotopic (exact) mass is 554 g/mol. The van der Waals surface area contributed by atoms with Gasteiger partial charge in [-0.3, -0.25) is 0 Å². The molecule has 0 spiro atoms. The van der Waals surface area contributed by atoms with E-state index in [0.29, 0.717) is 45.4 Å². The van der Waals surface area contributed by atoms with Crippen LogP contribution in [0, 0.1) is 18.3 Å². The lowest BCUT2D eigenvalue weighted by Gasteiger charge is -2.06. The Hall–Kier alpha value is -5.81. The van der Waals surface area contributed by atoms with Gasteiger partial charge in [0.15, 0.2) is 5.76 Å². The van der Waals surface area contributed by atoms with Crippen molar-refractivity contribution >= 4 is 12.1 Å². The zero-order valence-electron chi connectivity index (χ0n) is 23.2. The molecule has 0 saturated carbocycles. The Bertz CT molecular complexity index is 1910. The number of aliphatic imine (C=N–C) groups is 1. The first-order chi connectivity index (χ1) is 20.6. The number of ether oxygens (including phenoxy) is 2. The van der Waals surface area contributed by atoms with Crippen LogP contribution in [-0.2, 0) is 0 Å². The van der Waals surface area contributed by atoms with Crippen LogP contribution in [-0.4, -0.2) is 30.2 Å². The number of methoxy groups -OCH3 is 2. The summed E-state index contributed by atoms with van der Waals surface area (Å²) < 4.78 is 24.7. The molecular formula is C34H26N4O4. The lowest BCUT2D eigenvalue weighted by molar-refractivity contribution is 0.414. The van der Waals surface area contributed by atoms with E-state index >= 15 is 0 Å². The molecular weight excluding hydrogens is 528 g/mol. The molecule has 0 saturated heterocycles. The Morgan fingerprint density at radius 2 is 1.50 bits per heavy atom. The summed E-state index contributed by atoms with van der Waals surface area (Å²) >= 11 is 0. The third-order valence-electron chi connectivity index (χ3n) is 6.79. The van der Waals surface area contributed by atoms with Crippen molar-refractivity contribution in [1.29, 1.82) is 5.26 Å². The van der Waals surface area contributed by atoms with Gasteiger partial charge in [0.2, 0.25) is 5.88 Å². The first-order valence-corrected chi connectivity index (χ1v) is 13.2. The highest BCUT2D eigenvalue weighted by molar-refractivity contribution is 5.92. The Morgan fingerprint density at radius 1 is 0.833 bits per heavy atom. The maximum absolute atomic E-state index is 10.3. The predicted molar refractivity (Wildman–Crippen MR) is 161 cm³/mol. The highest BCUT2D eigenvalue weighted by Gasteiger charge is 2.23. The maximum Gasteiger partial charge on any atom is 0.238 e. The molecule has 8 heteroatoms. The molecule has 42 heavy (non-hydrogen) atoms. The number of nitriles is 1. The SMILES string of the molecule is COc1ccc(-c2oc(N=Cc3cn(-c4ccccc4)nc3-c3ccc(C)o3)c(C#N)c2-c2ccc(OC)cc2)cc1. The largest absolute Gasteiger partial charge is 0.497 e. The molecule has 206 valence electrons. The number of nitrogens with zero attached hydrogens (tertiary/aromatic N) is 4. The third kappa shape index (κ3) is 5.07. The van der Waals surface area contributed by atoms with Crippen LogP contribution >= 0.6 is 0 Å². The summed E-state index contributed by atoms with van der Waals surface area (Å²) in [5, 5.41) is 15.1. The molecule has 8 nitrogen and oxygen atoms in total. The van der Waals surface area contributed by atoms with Crippen LogP contribution in [0.4, 0.5) is 5.88 Å². The van der Waals surface area contributed by atoms with Crippen LogP contribution in [0.15, 0.2) is 111 Å². The van der Waals surface area contributed by atoms with Gasteiger partial charge in [0.1, 0.15) is 40.3 Å². The number of para-hydroxylation sites is 1. The molecule has 3 heterocycles. The lowest BCUT2D eigenvalue weighted by atomic mass is 9.98. The Labute approximate surface area is 242 Å². The minimum Gasteiger partial charge on any atom is -0.497 e. The normalized spacial score (nSPS) is 11.1. The first-order valence-electron chi connectivity index (χ1n) is 13.2. The predicted octanol–water partition coefficient (Wildman–Crippen LogP) is 8.01. The molecule has 0 aliphatic heterocycles. The zero-order valence-corrected chi connectivity index (χ0v) is 23.2.